The average Bonchev–Trinajstić information content (AvgIpc) is 3.07. The largest absolute Gasteiger partial charge is 0.457 e. The van der Waals surface area contributed by atoms with Crippen molar-refractivity contribution in [2.24, 2.45) is 0 Å². The van der Waals surface area contributed by atoms with E-state index in [1.807, 2.05) is 31.2 Å². The molecule has 0 aliphatic rings. The van der Waals surface area contributed by atoms with Crippen molar-refractivity contribution in [3.05, 3.63) is 77.6 Å². The Hall–Kier alpha value is -3.34. The highest BCUT2D eigenvalue weighted by molar-refractivity contribution is 6.05. The fourth-order valence-corrected chi connectivity index (χ4v) is 2.35. The molecule has 1 heterocycles. The minimum Gasteiger partial charge on any atom is -0.457 e. The Labute approximate surface area is 145 Å². The number of ketones is 1. The minimum atomic E-state index is -0.306. The molecule has 0 fully saturated rings. The van der Waals surface area contributed by atoms with Crippen LogP contribution in [0.15, 0.2) is 60.8 Å². The van der Waals surface area contributed by atoms with Gasteiger partial charge in [-0.3, -0.25) is 9.59 Å². The van der Waals surface area contributed by atoms with E-state index in [2.05, 4.69) is 10.3 Å². The number of carbonyl (C=O) groups is 2. The van der Waals surface area contributed by atoms with Gasteiger partial charge >= 0.3 is 0 Å². The number of ether oxygens (including phenoxy) is 1. The van der Waals surface area contributed by atoms with Gasteiger partial charge in [-0.1, -0.05) is 12.1 Å². The van der Waals surface area contributed by atoms with Gasteiger partial charge in [-0.15, -0.1) is 0 Å². The molecule has 0 aliphatic heterocycles. The number of aryl methyl sites for hydroxylation is 1. The number of aromatic nitrogens is 1. The van der Waals surface area contributed by atoms with Crippen LogP contribution >= 0.6 is 0 Å². The van der Waals surface area contributed by atoms with Crippen molar-refractivity contribution < 1.29 is 14.3 Å². The van der Waals surface area contributed by atoms with E-state index in [0.717, 1.165) is 11.3 Å². The van der Waals surface area contributed by atoms with Gasteiger partial charge in [-0.2, -0.15) is 0 Å². The van der Waals surface area contributed by atoms with Crippen LogP contribution in [0, 0.1) is 6.92 Å². The number of nitrogens with one attached hydrogen (secondary N) is 2. The third-order valence-corrected chi connectivity index (χ3v) is 3.67. The maximum atomic E-state index is 12.2. The number of amides is 1. The van der Waals surface area contributed by atoms with E-state index in [1.165, 1.54) is 19.2 Å². The van der Waals surface area contributed by atoms with Crippen LogP contribution in [0.25, 0.3) is 0 Å². The van der Waals surface area contributed by atoms with Gasteiger partial charge in [-0.05, 0) is 61.9 Å². The number of benzene rings is 2. The van der Waals surface area contributed by atoms with Crippen LogP contribution in [0.3, 0.4) is 0 Å². The predicted molar refractivity (Wildman–Crippen MR) is 96.4 cm³/mol. The summed E-state index contributed by atoms with van der Waals surface area (Å²) >= 11 is 0. The van der Waals surface area contributed by atoms with Gasteiger partial charge in [0.1, 0.15) is 17.2 Å². The third-order valence-electron chi connectivity index (χ3n) is 3.67. The molecule has 0 atom stereocenters. The van der Waals surface area contributed by atoms with Gasteiger partial charge in [0.05, 0.1) is 0 Å². The SMILES string of the molecule is CC(=O)c1c[nH]c(C(=O)Nc2ccc(Oc3cccc(C)c3)cc2)c1. The molecular weight excluding hydrogens is 316 g/mol. The first-order valence-electron chi connectivity index (χ1n) is 7.86. The molecular formula is C20H18N2O3. The zero-order valence-corrected chi connectivity index (χ0v) is 14.0. The highest BCUT2D eigenvalue weighted by Gasteiger charge is 2.11. The van der Waals surface area contributed by atoms with Crippen molar-refractivity contribution in [1.29, 1.82) is 0 Å². The summed E-state index contributed by atoms with van der Waals surface area (Å²) < 4.78 is 5.78. The summed E-state index contributed by atoms with van der Waals surface area (Å²) in [6.45, 7) is 3.46. The molecule has 25 heavy (non-hydrogen) atoms. The van der Waals surface area contributed by atoms with Gasteiger partial charge in [0, 0.05) is 17.4 Å². The lowest BCUT2D eigenvalue weighted by Crippen LogP contribution is -2.12. The molecule has 126 valence electrons. The number of rotatable bonds is 5. The van der Waals surface area contributed by atoms with E-state index in [0.29, 0.717) is 22.7 Å². The monoisotopic (exact) mass is 334 g/mol. The second kappa shape index (κ2) is 7.05. The van der Waals surface area contributed by atoms with E-state index < -0.39 is 0 Å². The predicted octanol–water partition coefficient (Wildman–Crippen LogP) is 4.57. The van der Waals surface area contributed by atoms with E-state index in [-0.39, 0.29) is 11.7 Å². The summed E-state index contributed by atoms with van der Waals surface area (Å²) in [5.74, 6) is 1.05. The van der Waals surface area contributed by atoms with Crippen molar-refractivity contribution in [2.75, 3.05) is 5.32 Å². The lowest BCUT2D eigenvalue weighted by Gasteiger charge is -2.08. The lowest BCUT2D eigenvalue weighted by atomic mass is 10.2. The van der Waals surface area contributed by atoms with Crippen LogP contribution < -0.4 is 10.1 Å². The smallest absolute Gasteiger partial charge is 0.272 e. The maximum Gasteiger partial charge on any atom is 0.272 e. The minimum absolute atomic E-state index is 0.0899. The zero-order valence-electron chi connectivity index (χ0n) is 14.0. The molecule has 0 spiro atoms. The fourth-order valence-electron chi connectivity index (χ4n) is 2.35. The van der Waals surface area contributed by atoms with Crippen LogP contribution in [-0.2, 0) is 0 Å². The van der Waals surface area contributed by atoms with E-state index in [4.69, 9.17) is 4.74 Å². The van der Waals surface area contributed by atoms with Crippen molar-refractivity contribution in [3.8, 4) is 11.5 Å². The van der Waals surface area contributed by atoms with Crippen LogP contribution in [0.4, 0.5) is 5.69 Å². The number of aromatic amines is 1. The van der Waals surface area contributed by atoms with Gasteiger partial charge in [0.25, 0.3) is 5.91 Å². The quantitative estimate of drug-likeness (QED) is 0.671. The number of H-pyrrole nitrogens is 1. The molecule has 1 aromatic heterocycles. The Kier molecular flexibility index (Phi) is 4.66. The van der Waals surface area contributed by atoms with Gasteiger partial charge in [0.15, 0.2) is 5.78 Å². The van der Waals surface area contributed by atoms with Crippen molar-refractivity contribution >= 4 is 17.4 Å². The number of hydrogen-bond acceptors (Lipinski definition) is 3. The summed E-state index contributed by atoms with van der Waals surface area (Å²) in [7, 11) is 0. The number of anilines is 1. The van der Waals surface area contributed by atoms with Crippen molar-refractivity contribution in [1.82, 2.24) is 4.98 Å². The zero-order chi connectivity index (χ0) is 17.8. The van der Waals surface area contributed by atoms with Crippen LogP contribution in [0.5, 0.6) is 11.5 Å². The molecule has 0 aliphatic carbocycles. The first-order valence-corrected chi connectivity index (χ1v) is 7.86. The molecule has 3 aromatic rings. The first-order chi connectivity index (χ1) is 12.0. The second-order valence-corrected chi connectivity index (χ2v) is 5.76. The normalized spacial score (nSPS) is 10.3. The van der Waals surface area contributed by atoms with Crippen LogP contribution in [-0.4, -0.2) is 16.7 Å². The first kappa shape index (κ1) is 16.5. The molecule has 5 heteroatoms. The van der Waals surface area contributed by atoms with E-state index >= 15 is 0 Å². The van der Waals surface area contributed by atoms with Crippen LogP contribution in [0.1, 0.15) is 33.3 Å². The fraction of sp³-hybridized carbons (Fsp3) is 0.100. The Morgan fingerprint density at radius 2 is 1.76 bits per heavy atom. The highest BCUT2D eigenvalue weighted by Crippen LogP contribution is 2.23. The van der Waals surface area contributed by atoms with E-state index in [9.17, 15) is 9.59 Å². The highest BCUT2D eigenvalue weighted by atomic mass is 16.5. The second-order valence-electron chi connectivity index (χ2n) is 5.76. The Morgan fingerprint density at radius 1 is 1.00 bits per heavy atom. The molecule has 0 saturated heterocycles. The summed E-state index contributed by atoms with van der Waals surface area (Å²) in [6, 6.07) is 16.4. The molecule has 0 saturated carbocycles. The average molecular weight is 334 g/mol. The molecule has 0 unspecified atom stereocenters. The lowest BCUT2D eigenvalue weighted by molar-refractivity contribution is 0.101. The molecule has 5 nitrogen and oxygen atoms in total. The summed E-state index contributed by atoms with van der Waals surface area (Å²) in [5.41, 5.74) is 2.58. The van der Waals surface area contributed by atoms with Crippen LogP contribution in [0.2, 0.25) is 0 Å². The summed E-state index contributed by atoms with van der Waals surface area (Å²) in [5, 5.41) is 2.77. The Bertz CT molecular complexity index is 911. The third kappa shape index (κ3) is 4.14. The topological polar surface area (TPSA) is 71.2 Å². The summed E-state index contributed by atoms with van der Waals surface area (Å²) in [6.07, 6.45) is 1.52. The van der Waals surface area contributed by atoms with E-state index in [1.54, 1.807) is 24.3 Å². The molecule has 2 aromatic carbocycles. The van der Waals surface area contributed by atoms with Gasteiger partial charge in [-0.25, -0.2) is 0 Å². The van der Waals surface area contributed by atoms with Gasteiger partial charge in [0.2, 0.25) is 0 Å². The molecule has 0 radical (unpaired) electrons. The van der Waals surface area contributed by atoms with Gasteiger partial charge < -0.3 is 15.0 Å². The number of hydrogen-bond donors (Lipinski definition) is 2. The number of carbonyl (C=O) groups excluding carboxylic acids is 2. The standard InChI is InChI=1S/C20H18N2O3/c1-13-4-3-5-18(10-13)25-17-8-6-16(7-9-17)22-20(24)19-11-15(12-21-19)14(2)23/h3-12,21H,1-2H3,(H,22,24). The summed E-state index contributed by atoms with van der Waals surface area (Å²) in [4.78, 5) is 26.3. The van der Waals surface area contributed by atoms with Crippen molar-refractivity contribution in [3.63, 3.8) is 0 Å². The Morgan fingerprint density at radius 3 is 2.40 bits per heavy atom. The maximum absolute atomic E-state index is 12.2. The molecule has 2 N–H and O–H groups in total. The molecule has 1 amide bonds. The van der Waals surface area contributed by atoms with Crippen molar-refractivity contribution in [2.45, 2.75) is 13.8 Å². The molecule has 3 rings (SSSR count). The Balaban J connectivity index is 1.65. The molecule has 0 bridgehead atoms. The number of Topliss-reactive ketones (excluding diaryl/α,β-unsaturated/α-hetero) is 1.